The van der Waals surface area contributed by atoms with Gasteiger partial charge in [0.25, 0.3) is 0 Å². The summed E-state index contributed by atoms with van der Waals surface area (Å²) in [5.74, 6) is 0.105. The third kappa shape index (κ3) is 1.60. The second-order valence-electron chi connectivity index (χ2n) is 3.88. The van der Waals surface area contributed by atoms with Crippen molar-refractivity contribution in [2.24, 2.45) is 11.7 Å². The molecule has 2 heterocycles. The van der Waals surface area contributed by atoms with Gasteiger partial charge in [0.05, 0.1) is 0 Å². The van der Waals surface area contributed by atoms with Crippen molar-refractivity contribution in [1.29, 1.82) is 0 Å². The molecule has 2 rings (SSSR count). The predicted molar refractivity (Wildman–Crippen MR) is 50.9 cm³/mol. The minimum atomic E-state index is -0.0767. The van der Waals surface area contributed by atoms with Crippen molar-refractivity contribution in [2.75, 3.05) is 0 Å². The molecule has 2 nitrogen and oxygen atoms in total. The van der Waals surface area contributed by atoms with Crippen LogP contribution in [0.5, 0.6) is 0 Å². The van der Waals surface area contributed by atoms with Crippen LogP contribution in [-0.4, -0.2) is 16.4 Å². The molecule has 0 spiro atoms. The fourth-order valence-electron chi connectivity index (χ4n) is 2.29. The molecule has 3 heteroatoms. The summed E-state index contributed by atoms with van der Waals surface area (Å²) in [4.78, 5) is 11.0. The number of carbonyl (C=O) groups is 1. The van der Waals surface area contributed by atoms with E-state index in [-0.39, 0.29) is 11.8 Å². The number of nitrogens with two attached hydrogens (primary N) is 1. The van der Waals surface area contributed by atoms with E-state index in [9.17, 15) is 4.79 Å². The van der Waals surface area contributed by atoms with Crippen LogP contribution < -0.4 is 5.73 Å². The summed E-state index contributed by atoms with van der Waals surface area (Å²) in [5.41, 5.74) is 5.32. The van der Waals surface area contributed by atoms with Crippen LogP contribution in [0.2, 0.25) is 0 Å². The average Bonchev–Trinajstić information content (AvgIpc) is 2.03. The summed E-state index contributed by atoms with van der Waals surface area (Å²) in [6, 6.07) is 0. The van der Waals surface area contributed by atoms with Gasteiger partial charge in [0, 0.05) is 16.4 Å². The number of fused-ring (bicyclic) bond motifs is 2. The van der Waals surface area contributed by atoms with Crippen molar-refractivity contribution in [3.8, 4) is 0 Å². The summed E-state index contributed by atoms with van der Waals surface area (Å²) >= 11 is 2.09. The van der Waals surface area contributed by atoms with Crippen LogP contribution in [0.4, 0.5) is 0 Å². The van der Waals surface area contributed by atoms with Crippen LogP contribution in [0.3, 0.4) is 0 Å². The van der Waals surface area contributed by atoms with Gasteiger partial charge >= 0.3 is 0 Å². The van der Waals surface area contributed by atoms with Crippen molar-refractivity contribution in [3.63, 3.8) is 0 Å². The molecule has 0 aromatic carbocycles. The Hall–Kier alpha value is -0.180. The topological polar surface area (TPSA) is 43.1 Å². The van der Waals surface area contributed by atoms with Gasteiger partial charge < -0.3 is 5.73 Å². The van der Waals surface area contributed by atoms with E-state index in [0.717, 1.165) is 23.3 Å². The van der Waals surface area contributed by atoms with Gasteiger partial charge in [-0.1, -0.05) is 6.42 Å². The van der Waals surface area contributed by atoms with Crippen molar-refractivity contribution >= 4 is 17.7 Å². The third-order valence-corrected chi connectivity index (χ3v) is 4.56. The molecule has 2 atom stereocenters. The number of carbonyl (C=O) groups excluding carboxylic acids is 1. The molecule has 0 aromatic rings. The van der Waals surface area contributed by atoms with Crippen LogP contribution in [0, 0.1) is 5.92 Å². The first kappa shape index (κ1) is 8.42. The Morgan fingerprint density at radius 1 is 1.25 bits per heavy atom. The molecule has 0 saturated carbocycles. The molecule has 2 saturated heterocycles. The van der Waals surface area contributed by atoms with Gasteiger partial charge in [0.15, 0.2) is 0 Å². The first-order chi connectivity index (χ1) is 5.75. The Bertz CT molecular complexity index is 183. The van der Waals surface area contributed by atoms with E-state index in [4.69, 9.17) is 5.73 Å². The van der Waals surface area contributed by atoms with Crippen LogP contribution in [-0.2, 0) is 4.79 Å². The molecular formula is C9H15NOS. The summed E-state index contributed by atoms with van der Waals surface area (Å²) in [7, 11) is 0. The molecule has 2 N–H and O–H groups in total. The van der Waals surface area contributed by atoms with Crippen molar-refractivity contribution in [1.82, 2.24) is 0 Å². The van der Waals surface area contributed by atoms with Crippen LogP contribution in [0.1, 0.15) is 32.1 Å². The Kier molecular flexibility index (Phi) is 2.31. The second kappa shape index (κ2) is 3.29. The van der Waals surface area contributed by atoms with E-state index in [1.165, 1.54) is 19.3 Å². The van der Waals surface area contributed by atoms with Crippen molar-refractivity contribution in [3.05, 3.63) is 0 Å². The summed E-state index contributed by atoms with van der Waals surface area (Å²) in [6.07, 6.45) is 6.02. The van der Waals surface area contributed by atoms with Gasteiger partial charge in [-0.15, -0.1) is 0 Å². The lowest BCUT2D eigenvalue weighted by Crippen LogP contribution is -2.35. The number of amides is 1. The lowest BCUT2D eigenvalue weighted by atomic mass is 9.89. The first-order valence-electron chi connectivity index (χ1n) is 4.70. The highest BCUT2D eigenvalue weighted by atomic mass is 32.2. The lowest BCUT2D eigenvalue weighted by Gasteiger charge is -2.37. The van der Waals surface area contributed by atoms with Gasteiger partial charge in [-0.2, -0.15) is 11.8 Å². The van der Waals surface area contributed by atoms with Crippen LogP contribution >= 0.6 is 11.8 Å². The van der Waals surface area contributed by atoms with Crippen LogP contribution in [0.15, 0.2) is 0 Å². The maximum absolute atomic E-state index is 11.0. The molecule has 0 aromatic heterocycles. The Labute approximate surface area is 77.3 Å². The van der Waals surface area contributed by atoms with Gasteiger partial charge in [-0.3, -0.25) is 4.79 Å². The highest BCUT2D eigenvalue weighted by Crippen LogP contribution is 2.43. The SMILES string of the molecule is NC(=O)C1CC2CCCC(C1)S2. The number of thioether (sulfide) groups is 1. The number of hydrogen-bond acceptors (Lipinski definition) is 2. The lowest BCUT2D eigenvalue weighted by molar-refractivity contribution is -0.122. The Morgan fingerprint density at radius 3 is 2.33 bits per heavy atom. The largest absolute Gasteiger partial charge is 0.369 e. The van der Waals surface area contributed by atoms with E-state index in [2.05, 4.69) is 11.8 Å². The van der Waals surface area contributed by atoms with Gasteiger partial charge in [0.1, 0.15) is 0 Å². The summed E-state index contributed by atoms with van der Waals surface area (Å²) in [5, 5.41) is 1.46. The fraction of sp³-hybridized carbons (Fsp3) is 0.889. The van der Waals surface area contributed by atoms with Gasteiger partial charge in [-0.05, 0) is 25.7 Å². The fourth-order valence-corrected chi connectivity index (χ4v) is 4.13. The zero-order valence-electron chi connectivity index (χ0n) is 7.16. The molecule has 0 radical (unpaired) electrons. The summed E-state index contributed by atoms with van der Waals surface area (Å²) in [6.45, 7) is 0. The van der Waals surface area contributed by atoms with E-state index in [1.807, 2.05) is 0 Å². The van der Waals surface area contributed by atoms with E-state index in [0.29, 0.717) is 0 Å². The molecule has 1 amide bonds. The molecular weight excluding hydrogens is 170 g/mol. The highest BCUT2D eigenvalue weighted by molar-refractivity contribution is 8.00. The van der Waals surface area contributed by atoms with E-state index >= 15 is 0 Å². The number of hydrogen-bond donors (Lipinski definition) is 1. The predicted octanol–water partition coefficient (Wildman–Crippen LogP) is 1.54. The van der Waals surface area contributed by atoms with E-state index < -0.39 is 0 Å². The monoisotopic (exact) mass is 185 g/mol. The maximum Gasteiger partial charge on any atom is 0.220 e. The zero-order valence-corrected chi connectivity index (χ0v) is 7.98. The Balaban J connectivity index is 2.00. The normalized spacial score (nSPS) is 40.8. The number of primary amides is 1. The molecule has 2 fully saturated rings. The smallest absolute Gasteiger partial charge is 0.220 e. The molecule has 0 aliphatic carbocycles. The minimum absolute atomic E-state index is 0.0767. The minimum Gasteiger partial charge on any atom is -0.369 e. The highest BCUT2D eigenvalue weighted by Gasteiger charge is 2.34. The molecule has 12 heavy (non-hydrogen) atoms. The quantitative estimate of drug-likeness (QED) is 0.673. The summed E-state index contributed by atoms with van der Waals surface area (Å²) < 4.78 is 0. The molecule has 68 valence electrons. The van der Waals surface area contributed by atoms with Gasteiger partial charge in [-0.25, -0.2) is 0 Å². The molecule has 2 unspecified atom stereocenters. The van der Waals surface area contributed by atoms with Crippen molar-refractivity contribution in [2.45, 2.75) is 42.6 Å². The van der Waals surface area contributed by atoms with Crippen molar-refractivity contribution < 1.29 is 4.79 Å². The molecule has 2 bridgehead atoms. The Morgan fingerprint density at radius 2 is 1.83 bits per heavy atom. The van der Waals surface area contributed by atoms with E-state index in [1.54, 1.807) is 0 Å². The third-order valence-electron chi connectivity index (χ3n) is 2.93. The average molecular weight is 185 g/mol. The number of rotatable bonds is 1. The standard InChI is InChI=1S/C9H15NOS/c10-9(11)6-4-7-2-1-3-8(5-6)12-7/h6-8H,1-5H2,(H2,10,11). The first-order valence-corrected chi connectivity index (χ1v) is 5.65. The van der Waals surface area contributed by atoms with Crippen LogP contribution in [0.25, 0.3) is 0 Å². The molecule has 2 aliphatic heterocycles. The zero-order chi connectivity index (χ0) is 8.55. The maximum atomic E-state index is 11.0. The molecule has 2 aliphatic rings. The van der Waals surface area contributed by atoms with Gasteiger partial charge in [0.2, 0.25) is 5.91 Å². The second-order valence-corrected chi connectivity index (χ2v) is 5.49.